The third-order valence-corrected chi connectivity index (χ3v) is 3.66. The Morgan fingerprint density at radius 1 is 1.09 bits per heavy atom. The van der Waals surface area contributed by atoms with Crippen molar-refractivity contribution in [3.63, 3.8) is 0 Å². The molecule has 2 aliphatic heterocycles. The minimum Gasteiger partial charge on any atom is -0.297 e. The molecule has 0 radical (unpaired) electrons. The van der Waals surface area contributed by atoms with Crippen molar-refractivity contribution in [2.45, 2.75) is 20.3 Å². The van der Waals surface area contributed by atoms with E-state index in [1.165, 1.54) is 0 Å². The molecular formula is C18H19N3O. The summed E-state index contributed by atoms with van der Waals surface area (Å²) in [6, 6.07) is 9.83. The van der Waals surface area contributed by atoms with E-state index in [-0.39, 0.29) is 11.3 Å². The minimum atomic E-state index is 0.0245. The van der Waals surface area contributed by atoms with Gasteiger partial charge in [-0.15, -0.1) is 0 Å². The van der Waals surface area contributed by atoms with E-state index in [4.69, 9.17) is 0 Å². The van der Waals surface area contributed by atoms with E-state index in [0.717, 1.165) is 23.6 Å². The molecule has 4 nitrogen and oxygen atoms in total. The van der Waals surface area contributed by atoms with E-state index in [0.29, 0.717) is 6.42 Å². The van der Waals surface area contributed by atoms with E-state index in [9.17, 15) is 4.79 Å². The maximum Gasteiger partial charge on any atom is 0.228 e. The van der Waals surface area contributed by atoms with Gasteiger partial charge in [0, 0.05) is 18.5 Å². The molecule has 3 rings (SSSR count). The number of benzene rings is 1. The number of likely N-dealkylation sites (tertiary alicyclic amines) is 1. The quantitative estimate of drug-likeness (QED) is 0.780. The highest BCUT2D eigenvalue weighted by atomic mass is 16.2. The monoisotopic (exact) mass is 293 g/mol. The van der Waals surface area contributed by atoms with Crippen LogP contribution in [-0.4, -0.2) is 17.4 Å². The first-order chi connectivity index (χ1) is 10.5. The molecule has 22 heavy (non-hydrogen) atoms. The summed E-state index contributed by atoms with van der Waals surface area (Å²) in [5.74, 6) is 7.09. The van der Waals surface area contributed by atoms with Crippen LogP contribution in [0.25, 0.3) is 0 Å². The van der Waals surface area contributed by atoms with Crippen LogP contribution < -0.4 is 10.9 Å². The van der Waals surface area contributed by atoms with Gasteiger partial charge in [-0.25, -0.2) is 0 Å². The molecule has 2 aliphatic rings. The largest absolute Gasteiger partial charge is 0.297 e. The summed E-state index contributed by atoms with van der Waals surface area (Å²) < 4.78 is 0. The average molecular weight is 293 g/mol. The second-order valence-corrected chi connectivity index (χ2v) is 6.32. The first kappa shape index (κ1) is 14.3. The summed E-state index contributed by atoms with van der Waals surface area (Å²) in [5, 5.41) is 0. The molecule has 0 aromatic heterocycles. The maximum atomic E-state index is 12.1. The second-order valence-electron chi connectivity index (χ2n) is 6.32. The molecule has 1 fully saturated rings. The molecule has 1 aromatic carbocycles. The molecule has 0 spiro atoms. The Labute approximate surface area is 130 Å². The second kappa shape index (κ2) is 5.61. The molecular weight excluding hydrogens is 274 g/mol. The Morgan fingerprint density at radius 2 is 1.86 bits per heavy atom. The van der Waals surface area contributed by atoms with Gasteiger partial charge in [0.05, 0.1) is 0 Å². The van der Waals surface area contributed by atoms with Crippen LogP contribution in [0.2, 0.25) is 0 Å². The number of rotatable bonds is 1. The molecule has 0 unspecified atom stereocenters. The molecule has 1 aromatic rings. The fourth-order valence-electron chi connectivity index (χ4n) is 2.56. The van der Waals surface area contributed by atoms with Crippen molar-refractivity contribution in [2.24, 2.45) is 5.41 Å². The summed E-state index contributed by atoms with van der Waals surface area (Å²) in [4.78, 5) is 13.8. The first-order valence-electron chi connectivity index (χ1n) is 7.35. The van der Waals surface area contributed by atoms with Crippen molar-refractivity contribution in [1.29, 1.82) is 0 Å². The van der Waals surface area contributed by atoms with Crippen molar-refractivity contribution in [2.75, 3.05) is 6.54 Å². The highest BCUT2D eigenvalue weighted by molar-refractivity contribution is 5.81. The third kappa shape index (κ3) is 3.15. The van der Waals surface area contributed by atoms with Gasteiger partial charge in [0.1, 0.15) is 11.5 Å². The Hall–Kier alpha value is -2.67. The topological polar surface area (TPSA) is 44.4 Å². The fourth-order valence-corrected chi connectivity index (χ4v) is 2.56. The smallest absolute Gasteiger partial charge is 0.228 e. The van der Waals surface area contributed by atoms with Crippen molar-refractivity contribution < 1.29 is 4.79 Å². The summed E-state index contributed by atoms with van der Waals surface area (Å²) in [6.07, 6.45) is 4.36. The maximum absolute atomic E-state index is 12.1. The van der Waals surface area contributed by atoms with Crippen molar-refractivity contribution in [3.8, 4) is 11.8 Å². The van der Waals surface area contributed by atoms with Crippen molar-refractivity contribution in [1.82, 2.24) is 15.8 Å². The van der Waals surface area contributed by atoms with E-state index < -0.39 is 0 Å². The molecule has 112 valence electrons. The molecule has 2 heterocycles. The Kier molecular flexibility index (Phi) is 3.64. The van der Waals surface area contributed by atoms with E-state index >= 15 is 0 Å². The number of hydrogen-bond donors (Lipinski definition) is 2. The number of nitrogens with zero attached hydrogens (tertiary/aromatic N) is 1. The van der Waals surface area contributed by atoms with E-state index in [1.54, 1.807) is 4.90 Å². The summed E-state index contributed by atoms with van der Waals surface area (Å²) in [7, 11) is 0. The molecule has 1 amide bonds. The summed E-state index contributed by atoms with van der Waals surface area (Å²) in [6.45, 7) is 4.94. The lowest BCUT2D eigenvalue weighted by Gasteiger charge is -2.25. The predicted octanol–water partition coefficient (Wildman–Crippen LogP) is 2.13. The van der Waals surface area contributed by atoms with Gasteiger partial charge in [-0.2, -0.15) is 0 Å². The molecule has 0 aliphatic carbocycles. The van der Waals surface area contributed by atoms with Gasteiger partial charge < -0.3 is 0 Å². The van der Waals surface area contributed by atoms with Crippen LogP contribution in [0.3, 0.4) is 0 Å². The summed E-state index contributed by atoms with van der Waals surface area (Å²) in [5.41, 5.74) is 7.87. The third-order valence-electron chi connectivity index (χ3n) is 3.66. The van der Waals surface area contributed by atoms with Crippen molar-refractivity contribution >= 4 is 5.91 Å². The van der Waals surface area contributed by atoms with Crippen LogP contribution in [0.15, 0.2) is 54.0 Å². The van der Waals surface area contributed by atoms with Crippen LogP contribution in [0, 0.1) is 17.3 Å². The average Bonchev–Trinajstić information content (AvgIpc) is 2.80. The Morgan fingerprint density at radius 3 is 2.45 bits per heavy atom. The van der Waals surface area contributed by atoms with Crippen LogP contribution >= 0.6 is 0 Å². The van der Waals surface area contributed by atoms with Gasteiger partial charge in [0.25, 0.3) is 0 Å². The van der Waals surface area contributed by atoms with Gasteiger partial charge >= 0.3 is 0 Å². The van der Waals surface area contributed by atoms with Gasteiger partial charge in [-0.3, -0.25) is 20.5 Å². The zero-order valence-corrected chi connectivity index (χ0v) is 12.8. The van der Waals surface area contributed by atoms with Crippen LogP contribution in [-0.2, 0) is 4.79 Å². The Balaban J connectivity index is 1.72. The molecule has 1 saturated heterocycles. The number of carbonyl (C=O) groups is 1. The number of nitrogens with one attached hydrogen (secondary N) is 2. The SMILES string of the molecule is CC1(C)CC(=O)N(C2=CC=C(C#Cc3ccccc3)NN2)C1. The molecule has 2 N–H and O–H groups in total. The van der Waals surface area contributed by atoms with E-state index in [1.807, 2.05) is 42.5 Å². The summed E-state index contributed by atoms with van der Waals surface area (Å²) >= 11 is 0. The number of hydrogen-bond acceptors (Lipinski definition) is 3. The first-order valence-corrected chi connectivity index (χ1v) is 7.35. The molecule has 0 bridgehead atoms. The highest BCUT2D eigenvalue weighted by Crippen LogP contribution is 2.31. The lowest BCUT2D eigenvalue weighted by molar-refractivity contribution is -0.126. The lowest BCUT2D eigenvalue weighted by atomic mass is 9.93. The van der Waals surface area contributed by atoms with E-state index in [2.05, 4.69) is 36.5 Å². The molecule has 0 saturated carbocycles. The number of amides is 1. The van der Waals surface area contributed by atoms with Gasteiger partial charge in [-0.05, 0) is 35.6 Å². The predicted molar refractivity (Wildman–Crippen MR) is 85.9 cm³/mol. The zero-order chi connectivity index (χ0) is 15.6. The lowest BCUT2D eigenvalue weighted by Crippen LogP contribution is -2.41. The Bertz CT molecular complexity index is 705. The van der Waals surface area contributed by atoms with Crippen molar-refractivity contribution in [3.05, 3.63) is 59.6 Å². The molecule has 4 heteroatoms. The van der Waals surface area contributed by atoms with Crippen LogP contribution in [0.4, 0.5) is 0 Å². The van der Waals surface area contributed by atoms with Crippen LogP contribution in [0.5, 0.6) is 0 Å². The van der Waals surface area contributed by atoms with Crippen LogP contribution in [0.1, 0.15) is 25.8 Å². The minimum absolute atomic E-state index is 0.0245. The standard InChI is InChI=1S/C18H19N3O/c1-18(2)12-17(22)21(13-18)16-11-10-15(19-20-16)9-8-14-6-4-3-5-7-14/h3-7,10-11,19-20H,12-13H2,1-2H3. The number of carbonyl (C=O) groups excluding carboxylic acids is 1. The van der Waals surface area contributed by atoms with Gasteiger partial charge in [0.2, 0.25) is 5.91 Å². The number of hydrazine groups is 1. The van der Waals surface area contributed by atoms with Gasteiger partial charge in [-0.1, -0.05) is 38.0 Å². The fraction of sp³-hybridized carbons (Fsp3) is 0.278. The molecule has 0 atom stereocenters. The highest BCUT2D eigenvalue weighted by Gasteiger charge is 2.37. The van der Waals surface area contributed by atoms with Gasteiger partial charge in [0.15, 0.2) is 0 Å². The zero-order valence-electron chi connectivity index (χ0n) is 12.8. The number of allylic oxidation sites excluding steroid dienone is 3. The normalized spacial score (nSPS) is 19.4.